The molecular formula is C18H18N2O4. The summed E-state index contributed by atoms with van der Waals surface area (Å²) in [5, 5.41) is 5.28. The largest absolute Gasteiger partial charge is 0.454 e. The van der Waals surface area contributed by atoms with Crippen LogP contribution in [-0.4, -0.2) is 18.6 Å². The minimum absolute atomic E-state index is 0.199. The van der Waals surface area contributed by atoms with Gasteiger partial charge in [-0.05, 0) is 30.2 Å². The average molecular weight is 326 g/mol. The van der Waals surface area contributed by atoms with Crippen LogP contribution in [-0.2, 0) is 16.1 Å². The predicted octanol–water partition coefficient (Wildman–Crippen LogP) is 1.91. The molecule has 0 saturated heterocycles. The molecule has 124 valence electrons. The Kier molecular flexibility index (Phi) is 4.65. The third-order valence-electron chi connectivity index (χ3n) is 3.74. The molecular weight excluding hydrogens is 308 g/mol. The van der Waals surface area contributed by atoms with Crippen LogP contribution in [0.1, 0.15) is 24.1 Å². The summed E-state index contributed by atoms with van der Waals surface area (Å²) in [6.07, 6.45) is 0. The van der Waals surface area contributed by atoms with Crippen LogP contribution in [0.5, 0.6) is 11.5 Å². The van der Waals surface area contributed by atoms with Gasteiger partial charge in [-0.25, -0.2) is 0 Å². The summed E-state index contributed by atoms with van der Waals surface area (Å²) >= 11 is 0. The van der Waals surface area contributed by atoms with E-state index in [2.05, 4.69) is 10.6 Å². The standard InChI is InChI=1S/C18H18N2O4/c1-12(14-5-3-2-4-6-14)20-18(22)17(21)19-10-13-7-8-15-16(9-13)24-11-23-15/h2-9,12H,10-11H2,1H3,(H,19,21)(H,20,22)/t12-/m1/s1. The monoisotopic (exact) mass is 326 g/mol. The average Bonchev–Trinajstić information content (AvgIpc) is 3.08. The van der Waals surface area contributed by atoms with E-state index < -0.39 is 11.8 Å². The third kappa shape index (κ3) is 3.65. The molecule has 0 aromatic heterocycles. The van der Waals surface area contributed by atoms with E-state index in [9.17, 15) is 9.59 Å². The van der Waals surface area contributed by atoms with Crippen molar-refractivity contribution in [2.75, 3.05) is 6.79 Å². The number of fused-ring (bicyclic) bond motifs is 1. The molecule has 0 aliphatic carbocycles. The first kappa shape index (κ1) is 15.9. The van der Waals surface area contributed by atoms with E-state index in [1.807, 2.05) is 43.3 Å². The molecule has 2 aromatic rings. The summed E-state index contributed by atoms with van der Waals surface area (Å²) in [4.78, 5) is 23.9. The van der Waals surface area contributed by atoms with Gasteiger partial charge in [-0.2, -0.15) is 0 Å². The molecule has 0 bridgehead atoms. The van der Waals surface area contributed by atoms with Gasteiger partial charge in [0, 0.05) is 6.54 Å². The molecule has 0 saturated carbocycles. The van der Waals surface area contributed by atoms with E-state index in [1.165, 1.54) is 0 Å². The Labute approximate surface area is 139 Å². The fraction of sp³-hybridized carbons (Fsp3) is 0.222. The van der Waals surface area contributed by atoms with Crippen molar-refractivity contribution in [1.82, 2.24) is 10.6 Å². The predicted molar refractivity (Wildman–Crippen MR) is 87.4 cm³/mol. The van der Waals surface area contributed by atoms with Crippen LogP contribution < -0.4 is 20.1 Å². The minimum Gasteiger partial charge on any atom is -0.454 e. The van der Waals surface area contributed by atoms with Crippen LogP contribution >= 0.6 is 0 Å². The van der Waals surface area contributed by atoms with E-state index in [1.54, 1.807) is 12.1 Å². The third-order valence-corrected chi connectivity index (χ3v) is 3.74. The van der Waals surface area contributed by atoms with Crippen molar-refractivity contribution in [3.63, 3.8) is 0 Å². The lowest BCUT2D eigenvalue weighted by molar-refractivity contribution is -0.139. The maximum atomic E-state index is 12.0. The second-order valence-corrected chi connectivity index (χ2v) is 5.48. The number of carbonyl (C=O) groups is 2. The lowest BCUT2D eigenvalue weighted by Gasteiger charge is -2.14. The Morgan fingerprint density at radius 2 is 1.79 bits per heavy atom. The maximum Gasteiger partial charge on any atom is 0.309 e. The molecule has 2 N–H and O–H groups in total. The zero-order chi connectivity index (χ0) is 16.9. The minimum atomic E-state index is -0.671. The maximum absolute atomic E-state index is 12.0. The molecule has 3 rings (SSSR count). The molecule has 1 heterocycles. The molecule has 6 heteroatoms. The quantitative estimate of drug-likeness (QED) is 0.842. The van der Waals surface area contributed by atoms with Gasteiger partial charge in [-0.1, -0.05) is 36.4 Å². The van der Waals surface area contributed by atoms with E-state index in [0.29, 0.717) is 11.5 Å². The van der Waals surface area contributed by atoms with Crippen molar-refractivity contribution in [1.29, 1.82) is 0 Å². The number of ether oxygens (including phenoxy) is 2. The zero-order valence-corrected chi connectivity index (χ0v) is 13.2. The highest BCUT2D eigenvalue weighted by molar-refractivity contribution is 6.35. The van der Waals surface area contributed by atoms with Crippen LogP contribution in [0, 0.1) is 0 Å². The number of rotatable bonds is 4. The molecule has 1 aliphatic heterocycles. The number of hydrogen-bond acceptors (Lipinski definition) is 4. The van der Waals surface area contributed by atoms with Crippen LogP contribution in [0.4, 0.5) is 0 Å². The van der Waals surface area contributed by atoms with Crippen molar-refractivity contribution in [3.05, 3.63) is 59.7 Å². The lowest BCUT2D eigenvalue weighted by atomic mass is 10.1. The van der Waals surface area contributed by atoms with E-state index in [-0.39, 0.29) is 19.4 Å². The molecule has 24 heavy (non-hydrogen) atoms. The summed E-state index contributed by atoms with van der Waals surface area (Å²) in [7, 11) is 0. The molecule has 0 unspecified atom stereocenters. The molecule has 0 spiro atoms. The first-order valence-corrected chi connectivity index (χ1v) is 7.65. The van der Waals surface area contributed by atoms with Crippen molar-refractivity contribution in [2.24, 2.45) is 0 Å². The van der Waals surface area contributed by atoms with Gasteiger partial charge in [0.15, 0.2) is 11.5 Å². The molecule has 1 aliphatic rings. The zero-order valence-electron chi connectivity index (χ0n) is 13.2. The highest BCUT2D eigenvalue weighted by atomic mass is 16.7. The van der Waals surface area contributed by atoms with Crippen molar-refractivity contribution < 1.29 is 19.1 Å². The highest BCUT2D eigenvalue weighted by Gasteiger charge is 2.17. The summed E-state index contributed by atoms with van der Waals surface area (Å²) in [5.74, 6) is -0.00838. The Balaban J connectivity index is 1.52. The van der Waals surface area contributed by atoms with Gasteiger partial charge in [-0.15, -0.1) is 0 Å². The van der Waals surface area contributed by atoms with Gasteiger partial charge < -0.3 is 20.1 Å². The van der Waals surface area contributed by atoms with Crippen LogP contribution in [0.25, 0.3) is 0 Å². The number of hydrogen-bond donors (Lipinski definition) is 2. The summed E-state index contributed by atoms with van der Waals surface area (Å²) in [5.41, 5.74) is 1.77. The van der Waals surface area contributed by atoms with Gasteiger partial charge in [0.1, 0.15) is 0 Å². The molecule has 0 radical (unpaired) electrons. The van der Waals surface area contributed by atoms with E-state index >= 15 is 0 Å². The van der Waals surface area contributed by atoms with Gasteiger partial charge in [0.2, 0.25) is 6.79 Å². The van der Waals surface area contributed by atoms with Crippen LogP contribution in [0.2, 0.25) is 0 Å². The molecule has 0 fully saturated rings. The fourth-order valence-corrected chi connectivity index (χ4v) is 2.40. The van der Waals surface area contributed by atoms with Gasteiger partial charge in [0.05, 0.1) is 6.04 Å². The molecule has 2 aromatic carbocycles. The highest BCUT2D eigenvalue weighted by Crippen LogP contribution is 2.32. The van der Waals surface area contributed by atoms with Gasteiger partial charge in [0.25, 0.3) is 0 Å². The van der Waals surface area contributed by atoms with E-state index in [4.69, 9.17) is 9.47 Å². The Bertz CT molecular complexity index is 746. The number of nitrogens with one attached hydrogen (secondary N) is 2. The van der Waals surface area contributed by atoms with Crippen molar-refractivity contribution in [3.8, 4) is 11.5 Å². The number of benzene rings is 2. The Hall–Kier alpha value is -3.02. The molecule has 1 atom stereocenters. The second kappa shape index (κ2) is 7.04. The molecule has 6 nitrogen and oxygen atoms in total. The van der Waals surface area contributed by atoms with Crippen LogP contribution in [0.15, 0.2) is 48.5 Å². The summed E-state index contributed by atoms with van der Waals surface area (Å²) in [6, 6.07) is 14.6. The number of carbonyl (C=O) groups excluding carboxylic acids is 2. The SMILES string of the molecule is C[C@@H](NC(=O)C(=O)NCc1ccc2c(c1)OCO2)c1ccccc1. The second-order valence-electron chi connectivity index (χ2n) is 5.48. The summed E-state index contributed by atoms with van der Waals surface area (Å²) < 4.78 is 10.5. The number of amides is 2. The van der Waals surface area contributed by atoms with Crippen molar-refractivity contribution in [2.45, 2.75) is 19.5 Å². The first-order chi connectivity index (χ1) is 11.6. The normalized spacial score (nSPS) is 13.2. The first-order valence-electron chi connectivity index (χ1n) is 7.65. The van der Waals surface area contributed by atoms with Gasteiger partial charge in [-0.3, -0.25) is 9.59 Å². The topological polar surface area (TPSA) is 76.7 Å². The fourth-order valence-electron chi connectivity index (χ4n) is 2.40. The Morgan fingerprint density at radius 1 is 1.04 bits per heavy atom. The Morgan fingerprint density at radius 3 is 2.58 bits per heavy atom. The smallest absolute Gasteiger partial charge is 0.309 e. The van der Waals surface area contributed by atoms with E-state index in [0.717, 1.165) is 11.1 Å². The van der Waals surface area contributed by atoms with Gasteiger partial charge >= 0.3 is 11.8 Å². The summed E-state index contributed by atoms with van der Waals surface area (Å²) in [6.45, 7) is 2.27. The van der Waals surface area contributed by atoms with Crippen molar-refractivity contribution >= 4 is 11.8 Å². The molecule has 2 amide bonds. The van der Waals surface area contributed by atoms with Crippen LogP contribution in [0.3, 0.4) is 0 Å². The lowest BCUT2D eigenvalue weighted by Crippen LogP contribution is -2.40.